The lowest BCUT2D eigenvalue weighted by atomic mass is 9.88. The van der Waals surface area contributed by atoms with Gasteiger partial charge in [-0.1, -0.05) is 26.7 Å². The highest BCUT2D eigenvalue weighted by molar-refractivity contribution is 5.69. The van der Waals surface area contributed by atoms with Crippen molar-refractivity contribution >= 4 is 5.97 Å². The number of hydrogen-bond acceptors (Lipinski definition) is 3. The summed E-state index contributed by atoms with van der Waals surface area (Å²) in [5, 5.41) is 0. The molecule has 94 valence electrons. The Balaban J connectivity index is 2.27. The van der Waals surface area contributed by atoms with E-state index in [9.17, 15) is 4.79 Å². The topological polar surface area (TPSA) is 52.3 Å². The molecule has 1 aliphatic rings. The van der Waals surface area contributed by atoms with Gasteiger partial charge in [0, 0.05) is 6.42 Å². The van der Waals surface area contributed by atoms with Gasteiger partial charge in [0.1, 0.15) is 6.10 Å². The Bertz CT molecular complexity index is 214. The molecule has 0 amide bonds. The number of nitrogens with two attached hydrogens (primary N) is 1. The summed E-state index contributed by atoms with van der Waals surface area (Å²) in [6, 6.07) is 0. The lowest BCUT2D eigenvalue weighted by Gasteiger charge is -2.27. The molecule has 3 heteroatoms. The predicted molar refractivity (Wildman–Crippen MR) is 65.0 cm³/mol. The minimum absolute atomic E-state index is 0.0589. The first-order valence-corrected chi connectivity index (χ1v) is 6.55. The number of ether oxygens (including phenoxy) is 1. The zero-order valence-electron chi connectivity index (χ0n) is 10.6. The fourth-order valence-electron chi connectivity index (χ4n) is 2.35. The average molecular weight is 227 g/mol. The second-order valence-electron chi connectivity index (χ2n) is 5.10. The maximum atomic E-state index is 11.7. The van der Waals surface area contributed by atoms with Crippen LogP contribution in [0, 0.1) is 11.8 Å². The fraction of sp³-hybridized carbons (Fsp3) is 0.923. The van der Waals surface area contributed by atoms with Gasteiger partial charge in [-0.2, -0.15) is 0 Å². The number of rotatable bonds is 5. The van der Waals surface area contributed by atoms with Crippen molar-refractivity contribution in [3.63, 3.8) is 0 Å². The maximum absolute atomic E-state index is 11.7. The quantitative estimate of drug-likeness (QED) is 0.734. The molecule has 0 bridgehead atoms. The van der Waals surface area contributed by atoms with Crippen LogP contribution in [0.15, 0.2) is 0 Å². The summed E-state index contributed by atoms with van der Waals surface area (Å²) in [6.45, 7) is 4.87. The third kappa shape index (κ3) is 4.52. The first kappa shape index (κ1) is 13.5. The van der Waals surface area contributed by atoms with Crippen LogP contribution in [0.3, 0.4) is 0 Å². The second kappa shape index (κ2) is 6.89. The van der Waals surface area contributed by atoms with Crippen LogP contribution in [0.4, 0.5) is 0 Å². The lowest BCUT2D eigenvalue weighted by Crippen LogP contribution is -2.26. The van der Waals surface area contributed by atoms with Crippen LogP contribution in [0.25, 0.3) is 0 Å². The van der Waals surface area contributed by atoms with Gasteiger partial charge in [0.15, 0.2) is 0 Å². The number of carbonyl (C=O) groups is 1. The van der Waals surface area contributed by atoms with Crippen molar-refractivity contribution in [2.45, 2.75) is 58.5 Å². The molecule has 3 unspecified atom stereocenters. The van der Waals surface area contributed by atoms with Crippen LogP contribution >= 0.6 is 0 Å². The largest absolute Gasteiger partial charge is 0.462 e. The van der Waals surface area contributed by atoms with Crippen molar-refractivity contribution < 1.29 is 9.53 Å². The standard InChI is InChI=1S/C13H25NO2/c1-3-11(9-14)8-13(15)16-12-6-4-5-10(2)7-12/h10-12H,3-9,14H2,1-2H3. The van der Waals surface area contributed by atoms with Gasteiger partial charge < -0.3 is 10.5 Å². The van der Waals surface area contributed by atoms with Gasteiger partial charge in [0.25, 0.3) is 0 Å². The van der Waals surface area contributed by atoms with Crippen LogP contribution in [0.2, 0.25) is 0 Å². The highest BCUT2D eigenvalue weighted by Crippen LogP contribution is 2.26. The van der Waals surface area contributed by atoms with E-state index in [4.69, 9.17) is 10.5 Å². The summed E-state index contributed by atoms with van der Waals surface area (Å²) < 4.78 is 5.50. The molecule has 1 rings (SSSR count). The first-order chi connectivity index (χ1) is 7.65. The molecule has 0 spiro atoms. The third-order valence-corrected chi connectivity index (χ3v) is 3.55. The Morgan fingerprint density at radius 1 is 1.50 bits per heavy atom. The van der Waals surface area contributed by atoms with Gasteiger partial charge in [-0.3, -0.25) is 4.79 Å². The van der Waals surface area contributed by atoms with Gasteiger partial charge in [-0.25, -0.2) is 0 Å². The van der Waals surface area contributed by atoms with E-state index in [0.29, 0.717) is 18.9 Å². The smallest absolute Gasteiger partial charge is 0.306 e. The molecular weight excluding hydrogens is 202 g/mol. The molecule has 2 N–H and O–H groups in total. The third-order valence-electron chi connectivity index (χ3n) is 3.55. The van der Waals surface area contributed by atoms with Gasteiger partial charge in [0.05, 0.1) is 0 Å². The molecule has 0 aromatic heterocycles. The van der Waals surface area contributed by atoms with Gasteiger partial charge in [-0.15, -0.1) is 0 Å². The lowest BCUT2D eigenvalue weighted by molar-refractivity contribution is -0.152. The van der Waals surface area contributed by atoms with Gasteiger partial charge in [-0.05, 0) is 37.6 Å². The highest BCUT2D eigenvalue weighted by Gasteiger charge is 2.22. The summed E-state index contributed by atoms with van der Waals surface area (Å²) in [5.41, 5.74) is 5.58. The molecule has 0 heterocycles. The van der Waals surface area contributed by atoms with E-state index < -0.39 is 0 Å². The SMILES string of the molecule is CCC(CN)CC(=O)OC1CCCC(C)C1. The molecule has 0 aromatic rings. The van der Waals surface area contributed by atoms with E-state index in [1.54, 1.807) is 0 Å². The highest BCUT2D eigenvalue weighted by atomic mass is 16.5. The van der Waals surface area contributed by atoms with E-state index >= 15 is 0 Å². The van der Waals surface area contributed by atoms with Crippen molar-refractivity contribution in [1.29, 1.82) is 0 Å². The molecule has 0 saturated heterocycles. The van der Waals surface area contributed by atoms with Crippen LogP contribution in [-0.2, 0) is 9.53 Å². The van der Waals surface area contributed by atoms with Crippen LogP contribution in [0.1, 0.15) is 52.4 Å². The Labute approximate surface area is 98.7 Å². The normalized spacial score (nSPS) is 27.4. The predicted octanol–water partition coefficient (Wildman–Crippen LogP) is 2.48. The van der Waals surface area contributed by atoms with Gasteiger partial charge >= 0.3 is 5.97 Å². The van der Waals surface area contributed by atoms with Crippen molar-refractivity contribution in [3.05, 3.63) is 0 Å². The fourth-order valence-corrected chi connectivity index (χ4v) is 2.35. The van der Waals surface area contributed by atoms with E-state index in [0.717, 1.165) is 19.3 Å². The molecule has 0 aliphatic heterocycles. The summed E-state index contributed by atoms with van der Waals surface area (Å²) in [4.78, 5) is 11.7. The van der Waals surface area contributed by atoms with E-state index in [1.807, 2.05) is 0 Å². The van der Waals surface area contributed by atoms with Crippen molar-refractivity contribution in [3.8, 4) is 0 Å². The van der Waals surface area contributed by atoms with Crippen molar-refractivity contribution in [2.75, 3.05) is 6.54 Å². The molecule has 16 heavy (non-hydrogen) atoms. The summed E-state index contributed by atoms with van der Waals surface area (Å²) in [6.07, 6.45) is 6.12. The number of esters is 1. The van der Waals surface area contributed by atoms with Crippen LogP contribution < -0.4 is 5.73 Å². The van der Waals surface area contributed by atoms with E-state index in [2.05, 4.69) is 13.8 Å². The number of hydrogen-bond donors (Lipinski definition) is 1. The second-order valence-corrected chi connectivity index (χ2v) is 5.10. The first-order valence-electron chi connectivity index (χ1n) is 6.55. The Kier molecular flexibility index (Phi) is 5.81. The van der Waals surface area contributed by atoms with Gasteiger partial charge in [0.2, 0.25) is 0 Å². The zero-order chi connectivity index (χ0) is 12.0. The van der Waals surface area contributed by atoms with E-state index in [1.165, 1.54) is 12.8 Å². The molecule has 1 fully saturated rings. The Morgan fingerprint density at radius 3 is 2.81 bits per heavy atom. The summed E-state index contributed by atoms with van der Waals surface area (Å²) in [7, 11) is 0. The average Bonchev–Trinajstić information content (AvgIpc) is 2.26. The van der Waals surface area contributed by atoms with Crippen LogP contribution in [-0.4, -0.2) is 18.6 Å². The minimum Gasteiger partial charge on any atom is -0.462 e. The van der Waals surface area contributed by atoms with E-state index in [-0.39, 0.29) is 18.0 Å². The molecule has 1 aliphatic carbocycles. The molecule has 3 nitrogen and oxygen atoms in total. The summed E-state index contributed by atoms with van der Waals surface area (Å²) in [5.74, 6) is 0.924. The van der Waals surface area contributed by atoms with Crippen molar-refractivity contribution in [1.82, 2.24) is 0 Å². The maximum Gasteiger partial charge on any atom is 0.306 e. The molecule has 3 atom stereocenters. The van der Waals surface area contributed by atoms with Crippen LogP contribution in [0.5, 0.6) is 0 Å². The number of carbonyl (C=O) groups excluding carboxylic acids is 1. The molecular formula is C13H25NO2. The molecule has 0 radical (unpaired) electrons. The van der Waals surface area contributed by atoms with Crippen molar-refractivity contribution in [2.24, 2.45) is 17.6 Å². The minimum atomic E-state index is -0.0589. The Hall–Kier alpha value is -0.570. The Morgan fingerprint density at radius 2 is 2.25 bits per heavy atom. The monoisotopic (exact) mass is 227 g/mol. The summed E-state index contributed by atoms with van der Waals surface area (Å²) >= 11 is 0. The molecule has 1 saturated carbocycles. The molecule has 0 aromatic carbocycles. The zero-order valence-corrected chi connectivity index (χ0v) is 10.6.